The molecule has 3 aromatic rings. The first-order chi connectivity index (χ1) is 17.0. The maximum absolute atomic E-state index is 12.8. The highest BCUT2D eigenvalue weighted by atomic mass is 35.5. The van der Waals surface area contributed by atoms with Crippen molar-refractivity contribution in [2.24, 2.45) is 0 Å². The topological polar surface area (TPSA) is 105 Å². The number of anilines is 1. The van der Waals surface area contributed by atoms with E-state index in [1.165, 1.54) is 30.3 Å². The van der Waals surface area contributed by atoms with Gasteiger partial charge in [-0.25, -0.2) is 0 Å². The number of halogens is 1. The second-order valence-electron chi connectivity index (χ2n) is 8.04. The van der Waals surface area contributed by atoms with Crippen LogP contribution in [0.5, 0.6) is 11.5 Å². The number of amides is 1. The summed E-state index contributed by atoms with van der Waals surface area (Å²) in [6.07, 6.45) is 1.34. The highest BCUT2D eigenvalue weighted by Crippen LogP contribution is 2.39. The Morgan fingerprint density at radius 1 is 1.06 bits per heavy atom. The third-order valence-electron chi connectivity index (χ3n) is 5.28. The van der Waals surface area contributed by atoms with E-state index in [0.29, 0.717) is 11.3 Å². The predicted molar refractivity (Wildman–Crippen MR) is 140 cm³/mol. The molecule has 9 heteroatoms. The smallest absolute Gasteiger partial charge is 0.339 e. The fourth-order valence-corrected chi connectivity index (χ4v) is 4.47. The molecule has 0 heterocycles. The molecule has 36 heavy (non-hydrogen) atoms. The van der Waals surface area contributed by atoms with Crippen LogP contribution in [0.3, 0.4) is 0 Å². The molecule has 0 aromatic heterocycles. The average Bonchev–Trinajstić information content (AvgIpc) is 2.82. The number of carbonyl (C=O) groups excluding carboxylic acids is 1. The molecule has 0 spiro atoms. The zero-order valence-corrected chi connectivity index (χ0v) is 21.8. The number of ether oxygens (including phenoxy) is 1. The molecule has 3 rings (SSSR count). The lowest BCUT2D eigenvalue weighted by Gasteiger charge is -2.14. The van der Waals surface area contributed by atoms with Gasteiger partial charge < -0.3 is 14.2 Å². The summed E-state index contributed by atoms with van der Waals surface area (Å²) in [5.74, 6) is -0.731. The van der Waals surface area contributed by atoms with Crippen molar-refractivity contribution < 1.29 is 22.1 Å². The van der Waals surface area contributed by atoms with Crippen molar-refractivity contribution in [2.75, 3.05) is 11.9 Å². The summed E-state index contributed by atoms with van der Waals surface area (Å²) in [6.45, 7) is 7.63. The molecule has 0 unspecified atom stereocenters. The summed E-state index contributed by atoms with van der Waals surface area (Å²) in [7, 11) is -4.18. The molecular weight excluding hydrogens is 500 g/mol. The van der Waals surface area contributed by atoms with Crippen LogP contribution in [0.25, 0.3) is 6.08 Å². The molecule has 0 atom stereocenters. The van der Waals surface area contributed by atoms with Gasteiger partial charge in [0.05, 0.1) is 11.6 Å². The second kappa shape index (κ2) is 11.3. The van der Waals surface area contributed by atoms with Crippen molar-refractivity contribution >= 4 is 39.4 Å². The number of hydrogen-bond acceptors (Lipinski definition) is 6. The lowest BCUT2D eigenvalue weighted by atomic mass is 10.1. The van der Waals surface area contributed by atoms with E-state index in [-0.39, 0.29) is 33.6 Å². The second-order valence-corrected chi connectivity index (χ2v) is 9.99. The Balaban J connectivity index is 1.93. The zero-order valence-electron chi connectivity index (χ0n) is 20.3. The van der Waals surface area contributed by atoms with E-state index in [1.807, 2.05) is 39.0 Å². The maximum atomic E-state index is 12.8. The van der Waals surface area contributed by atoms with Gasteiger partial charge in [-0.15, -0.1) is 0 Å². The van der Waals surface area contributed by atoms with Crippen LogP contribution in [0.15, 0.2) is 65.1 Å². The minimum Gasteiger partial charge on any atom is -0.490 e. The molecule has 1 N–H and O–H groups in total. The number of nitrogens with zero attached hydrogens (tertiary/aromatic N) is 1. The van der Waals surface area contributed by atoms with Gasteiger partial charge in [0.2, 0.25) is 5.75 Å². The van der Waals surface area contributed by atoms with Crippen LogP contribution in [0.2, 0.25) is 5.02 Å². The molecule has 0 saturated heterocycles. The maximum Gasteiger partial charge on any atom is 0.339 e. The van der Waals surface area contributed by atoms with Gasteiger partial charge in [0.15, 0.2) is 5.75 Å². The molecule has 1 amide bonds. The molecular formula is C27H25ClN2O5S. The first kappa shape index (κ1) is 26.8. The summed E-state index contributed by atoms with van der Waals surface area (Å²) >= 11 is 6.38. The third kappa shape index (κ3) is 6.45. The number of nitrogens with one attached hydrogen (secondary N) is 1. The minimum atomic E-state index is -4.18. The lowest BCUT2D eigenvalue weighted by molar-refractivity contribution is -0.112. The van der Waals surface area contributed by atoms with Gasteiger partial charge in [-0.2, -0.15) is 13.7 Å². The average molecular weight is 525 g/mol. The van der Waals surface area contributed by atoms with Gasteiger partial charge in [-0.05, 0) is 86.9 Å². The normalized spacial score (nSPS) is 11.5. The quantitative estimate of drug-likeness (QED) is 0.221. The van der Waals surface area contributed by atoms with E-state index in [0.717, 1.165) is 16.7 Å². The number of nitriles is 1. The van der Waals surface area contributed by atoms with E-state index in [1.54, 1.807) is 25.1 Å². The Labute approximate surface area is 216 Å². The standard InChI is InChI=1S/C27H25ClN2O5S/c1-5-34-25-15-20(13-21(16-29)27(31)30-22-9-8-18(3)19(4)12-22)14-24(28)26(25)35-36(32,33)23-10-6-17(2)7-11-23/h6-15H,5H2,1-4H3,(H,30,31)/b21-13+. The molecule has 0 fully saturated rings. The van der Waals surface area contributed by atoms with Gasteiger partial charge in [-0.1, -0.05) is 35.4 Å². The number of aryl methyl sites for hydroxylation is 3. The SMILES string of the molecule is CCOc1cc(/C=C(\C#N)C(=O)Nc2ccc(C)c(C)c2)cc(Cl)c1OS(=O)(=O)c1ccc(C)cc1. The van der Waals surface area contributed by atoms with Gasteiger partial charge in [0.1, 0.15) is 16.5 Å². The fraction of sp³-hybridized carbons (Fsp3) is 0.185. The Morgan fingerprint density at radius 2 is 1.75 bits per heavy atom. The molecule has 0 aliphatic carbocycles. The monoisotopic (exact) mass is 524 g/mol. The highest BCUT2D eigenvalue weighted by Gasteiger charge is 2.22. The first-order valence-corrected chi connectivity index (χ1v) is 12.8. The number of hydrogen-bond donors (Lipinski definition) is 1. The molecule has 0 bridgehead atoms. The van der Waals surface area contributed by atoms with E-state index in [4.69, 9.17) is 20.5 Å². The minimum absolute atomic E-state index is 0.0367. The van der Waals surface area contributed by atoms with Gasteiger partial charge in [0.25, 0.3) is 5.91 Å². The van der Waals surface area contributed by atoms with Crippen molar-refractivity contribution in [3.05, 3.63) is 87.4 Å². The Kier molecular flexibility index (Phi) is 8.41. The van der Waals surface area contributed by atoms with Crippen LogP contribution < -0.4 is 14.2 Å². The molecule has 186 valence electrons. The number of carbonyl (C=O) groups is 1. The van der Waals surface area contributed by atoms with E-state index < -0.39 is 16.0 Å². The van der Waals surface area contributed by atoms with Crippen molar-refractivity contribution in [3.8, 4) is 17.6 Å². The van der Waals surface area contributed by atoms with E-state index in [2.05, 4.69) is 5.32 Å². The summed E-state index contributed by atoms with van der Waals surface area (Å²) in [4.78, 5) is 12.7. The molecule has 0 aliphatic heterocycles. The van der Waals surface area contributed by atoms with Crippen LogP contribution >= 0.6 is 11.6 Å². The van der Waals surface area contributed by atoms with Crippen LogP contribution in [0.4, 0.5) is 5.69 Å². The summed E-state index contributed by atoms with van der Waals surface area (Å²) < 4.78 is 36.5. The predicted octanol–water partition coefficient (Wildman–Crippen LogP) is 5.98. The summed E-state index contributed by atoms with van der Waals surface area (Å²) in [5, 5.41) is 12.2. The zero-order chi connectivity index (χ0) is 26.5. The highest BCUT2D eigenvalue weighted by molar-refractivity contribution is 7.87. The molecule has 3 aromatic carbocycles. The van der Waals surface area contributed by atoms with Crippen LogP contribution in [-0.2, 0) is 14.9 Å². The van der Waals surface area contributed by atoms with E-state index in [9.17, 15) is 18.5 Å². The van der Waals surface area contributed by atoms with Gasteiger partial charge in [0, 0.05) is 5.69 Å². The largest absolute Gasteiger partial charge is 0.490 e. The molecule has 0 saturated carbocycles. The molecule has 0 aliphatic rings. The number of rotatable bonds is 8. The van der Waals surface area contributed by atoms with E-state index >= 15 is 0 Å². The molecule has 0 radical (unpaired) electrons. The summed E-state index contributed by atoms with van der Waals surface area (Å²) in [6, 6.07) is 16.3. The lowest BCUT2D eigenvalue weighted by Crippen LogP contribution is -2.13. The van der Waals surface area contributed by atoms with Crippen LogP contribution in [0.1, 0.15) is 29.2 Å². The van der Waals surface area contributed by atoms with Crippen molar-refractivity contribution in [1.29, 1.82) is 5.26 Å². The molecule has 7 nitrogen and oxygen atoms in total. The first-order valence-electron chi connectivity index (χ1n) is 11.0. The van der Waals surface area contributed by atoms with Crippen LogP contribution in [-0.4, -0.2) is 20.9 Å². The third-order valence-corrected chi connectivity index (χ3v) is 6.79. The Hall–Kier alpha value is -3.80. The number of benzene rings is 3. The fourth-order valence-electron chi connectivity index (χ4n) is 3.21. The summed E-state index contributed by atoms with van der Waals surface area (Å²) in [5.41, 5.74) is 3.71. The van der Waals surface area contributed by atoms with Gasteiger partial charge in [-0.3, -0.25) is 4.79 Å². The van der Waals surface area contributed by atoms with Crippen LogP contribution in [0, 0.1) is 32.1 Å². The van der Waals surface area contributed by atoms with Crippen molar-refractivity contribution in [3.63, 3.8) is 0 Å². The van der Waals surface area contributed by atoms with Crippen molar-refractivity contribution in [1.82, 2.24) is 0 Å². The Bertz CT molecular complexity index is 1470. The van der Waals surface area contributed by atoms with Gasteiger partial charge >= 0.3 is 10.1 Å². The van der Waals surface area contributed by atoms with Crippen molar-refractivity contribution in [2.45, 2.75) is 32.6 Å². The Morgan fingerprint density at radius 3 is 2.36 bits per heavy atom.